The molecule has 0 unspecified atom stereocenters. The highest BCUT2D eigenvalue weighted by Crippen LogP contribution is 2.18. The summed E-state index contributed by atoms with van der Waals surface area (Å²) in [6.07, 6.45) is 0. The zero-order chi connectivity index (χ0) is 12.4. The van der Waals surface area contributed by atoms with Crippen molar-refractivity contribution in [2.75, 3.05) is 5.32 Å². The Morgan fingerprint density at radius 3 is 2.65 bits per heavy atom. The lowest BCUT2D eigenvalue weighted by molar-refractivity contribution is 0.392. The summed E-state index contributed by atoms with van der Waals surface area (Å²) in [6, 6.07) is 5.12. The number of aryl methyl sites for hydroxylation is 3. The molecule has 0 aliphatic heterocycles. The van der Waals surface area contributed by atoms with Gasteiger partial charge in [-0.3, -0.25) is 0 Å². The van der Waals surface area contributed by atoms with E-state index < -0.39 is 0 Å². The van der Waals surface area contributed by atoms with E-state index in [1.54, 1.807) is 6.07 Å². The van der Waals surface area contributed by atoms with Crippen molar-refractivity contribution in [3.05, 3.63) is 46.6 Å². The minimum atomic E-state index is -0.239. The molecule has 90 valence electrons. The van der Waals surface area contributed by atoms with E-state index in [-0.39, 0.29) is 5.82 Å². The lowest BCUT2D eigenvalue weighted by atomic mass is 10.2. The van der Waals surface area contributed by atoms with Crippen molar-refractivity contribution in [3.8, 4) is 0 Å². The number of nitrogens with zero attached hydrogens (tertiary/aromatic N) is 1. The van der Waals surface area contributed by atoms with Gasteiger partial charge in [0.25, 0.3) is 0 Å². The molecule has 3 nitrogen and oxygen atoms in total. The van der Waals surface area contributed by atoms with Crippen LogP contribution in [0, 0.1) is 26.6 Å². The Balaban J connectivity index is 2.13. The van der Waals surface area contributed by atoms with Gasteiger partial charge in [-0.1, -0.05) is 11.2 Å². The average molecular weight is 234 g/mol. The van der Waals surface area contributed by atoms with Gasteiger partial charge in [-0.15, -0.1) is 0 Å². The summed E-state index contributed by atoms with van der Waals surface area (Å²) in [4.78, 5) is 0. The van der Waals surface area contributed by atoms with Gasteiger partial charge in [0.2, 0.25) is 0 Å². The van der Waals surface area contributed by atoms with Gasteiger partial charge in [0, 0.05) is 12.1 Å². The number of benzene rings is 1. The van der Waals surface area contributed by atoms with E-state index in [4.69, 9.17) is 4.52 Å². The van der Waals surface area contributed by atoms with Crippen LogP contribution in [-0.4, -0.2) is 5.16 Å². The van der Waals surface area contributed by atoms with E-state index in [0.717, 1.165) is 22.6 Å². The van der Waals surface area contributed by atoms with Crippen molar-refractivity contribution in [2.24, 2.45) is 0 Å². The quantitative estimate of drug-likeness (QED) is 0.885. The first-order chi connectivity index (χ1) is 8.08. The molecule has 0 saturated carbocycles. The molecule has 4 heteroatoms. The largest absolute Gasteiger partial charge is 0.378 e. The van der Waals surface area contributed by atoms with Gasteiger partial charge in [0.15, 0.2) is 0 Å². The normalized spacial score (nSPS) is 10.6. The fourth-order valence-electron chi connectivity index (χ4n) is 1.70. The number of anilines is 1. The molecule has 0 amide bonds. The highest BCUT2D eigenvalue weighted by atomic mass is 19.1. The molecule has 0 radical (unpaired) electrons. The predicted molar refractivity (Wildman–Crippen MR) is 64.4 cm³/mol. The molecule has 1 N–H and O–H groups in total. The Kier molecular flexibility index (Phi) is 3.13. The van der Waals surface area contributed by atoms with Crippen LogP contribution in [0.1, 0.15) is 22.6 Å². The van der Waals surface area contributed by atoms with Crippen LogP contribution in [0.3, 0.4) is 0 Å². The first-order valence-corrected chi connectivity index (χ1v) is 5.49. The second kappa shape index (κ2) is 4.57. The third-order valence-corrected chi connectivity index (χ3v) is 2.76. The fraction of sp³-hybridized carbons (Fsp3) is 0.308. The van der Waals surface area contributed by atoms with Gasteiger partial charge in [-0.2, -0.15) is 0 Å². The second-order valence-corrected chi connectivity index (χ2v) is 4.14. The topological polar surface area (TPSA) is 38.1 Å². The zero-order valence-electron chi connectivity index (χ0n) is 10.2. The van der Waals surface area contributed by atoms with E-state index in [2.05, 4.69) is 10.5 Å². The average Bonchev–Trinajstić information content (AvgIpc) is 2.58. The number of nitrogens with one attached hydrogen (secondary N) is 1. The standard InChI is InChI=1S/C13H15FN2O/c1-8-4-5-13(12(14)6-8)15-7-11-9(2)16-17-10(11)3/h4-6,15H,7H2,1-3H3. The van der Waals surface area contributed by atoms with Crippen LogP contribution in [-0.2, 0) is 6.54 Å². The fourth-order valence-corrected chi connectivity index (χ4v) is 1.70. The molecule has 0 fully saturated rings. The summed E-state index contributed by atoms with van der Waals surface area (Å²) in [7, 11) is 0. The Bertz CT molecular complexity index is 515. The van der Waals surface area contributed by atoms with Gasteiger partial charge in [0.1, 0.15) is 11.6 Å². The molecule has 0 atom stereocenters. The first kappa shape index (κ1) is 11.6. The van der Waals surface area contributed by atoms with Crippen molar-refractivity contribution in [1.82, 2.24) is 5.16 Å². The van der Waals surface area contributed by atoms with Crippen LogP contribution in [0.5, 0.6) is 0 Å². The SMILES string of the molecule is Cc1ccc(NCc2c(C)noc2C)c(F)c1. The molecule has 1 heterocycles. The second-order valence-electron chi connectivity index (χ2n) is 4.14. The third-order valence-electron chi connectivity index (χ3n) is 2.76. The summed E-state index contributed by atoms with van der Waals surface area (Å²) in [5, 5.41) is 6.91. The van der Waals surface area contributed by atoms with Gasteiger partial charge in [-0.25, -0.2) is 4.39 Å². The highest BCUT2D eigenvalue weighted by molar-refractivity contribution is 5.47. The van der Waals surface area contributed by atoms with Gasteiger partial charge < -0.3 is 9.84 Å². The van der Waals surface area contributed by atoms with Crippen molar-refractivity contribution in [1.29, 1.82) is 0 Å². The first-order valence-electron chi connectivity index (χ1n) is 5.49. The predicted octanol–water partition coefficient (Wildman–Crippen LogP) is 3.35. The van der Waals surface area contributed by atoms with Gasteiger partial charge in [-0.05, 0) is 38.5 Å². The minimum absolute atomic E-state index is 0.239. The van der Waals surface area contributed by atoms with E-state index in [1.165, 1.54) is 6.07 Å². The van der Waals surface area contributed by atoms with E-state index in [0.29, 0.717) is 12.2 Å². The lowest BCUT2D eigenvalue weighted by Gasteiger charge is -2.07. The van der Waals surface area contributed by atoms with E-state index in [1.807, 2.05) is 26.8 Å². The van der Waals surface area contributed by atoms with E-state index >= 15 is 0 Å². The lowest BCUT2D eigenvalue weighted by Crippen LogP contribution is -2.03. The summed E-state index contributed by atoms with van der Waals surface area (Å²) in [5.41, 5.74) is 3.22. The van der Waals surface area contributed by atoms with Crippen molar-refractivity contribution in [3.63, 3.8) is 0 Å². The highest BCUT2D eigenvalue weighted by Gasteiger charge is 2.09. The minimum Gasteiger partial charge on any atom is -0.378 e. The molecule has 17 heavy (non-hydrogen) atoms. The van der Waals surface area contributed by atoms with Crippen LogP contribution in [0.2, 0.25) is 0 Å². The Morgan fingerprint density at radius 2 is 2.06 bits per heavy atom. The molecule has 0 aliphatic carbocycles. The van der Waals surface area contributed by atoms with Crippen LogP contribution >= 0.6 is 0 Å². The Hall–Kier alpha value is -1.84. The van der Waals surface area contributed by atoms with Crippen molar-refractivity contribution < 1.29 is 8.91 Å². The molecule has 0 bridgehead atoms. The summed E-state index contributed by atoms with van der Waals surface area (Å²) >= 11 is 0. The summed E-state index contributed by atoms with van der Waals surface area (Å²) in [5.74, 6) is 0.527. The molecular formula is C13H15FN2O. The molecule has 0 spiro atoms. The molecule has 2 aromatic rings. The number of hydrogen-bond acceptors (Lipinski definition) is 3. The number of halogens is 1. The number of rotatable bonds is 3. The molecule has 0 saturated heterocycles. The van der Waals surface area contributed by atoms with Gasteiger partial charge >= 0.3 is 0 Å². The smallest absolute Gasteiger partial charge is 0.146 e. The van der Waals surface area contributed by atoms with E-state index in [9.17, 15) is 4.39 Å². The molecule has 2 rings (SSSR count). The van der Waals surface area contributed by atoms with Crippen LogP contribution in [0.4, 0.5) is 10.1 Å². The zero-order valence-corrected chi connectivity index (χ0v) is 10.2. The molecule has 0 aliphatic rings. The Morgan fingerprint density at radius 1 is 1.29 bits per heavy atom. The third kappa shape index (κ3) is 2.46. The number of hydrogen-bond donors (Lipinski definition) is 1. The monoisotopic (exact) mass is 234 g/mol. The maximum absolute atomic E-state index is 13.6. The maximum Gasteiger partial charge on any atom is 0.146 e. The number of aromatic nitrogens is 1. The maximum atomic E-state index is 13.6. The molecular weight excluding hydrogens is 219 g/mol. The summed E-state index contributed by atoms with van der Waals surface area (Å²) < 4.78 is 18.6. The van der Waals surface area contributed by atoms with Crippen molar-refractivity contribution in [2.45, 2.75) is 27.3 Å². The Labute approximate surface area is 99.6 Å². The van der Waals surface area contributed by atoms with Crippen LogP contribution < -0.4 is 5.32 Å². The van der Waals surface area contributed by atoms with Crippen molar-refractivity contribution >= 4 is 5.69 Å². The van der Waals surface area contributed by atoms with Crippen LogP contribution in [0.25, 0.3) is 0 Å². The van der Waals surface area contributed by atoms with Gasteiger partial charge in [0.05, 0.1) is 11.4 Å². The summed E-state index contributed by atoms with van der Waals surface area (Å²) in [6.45, 7) is 6.10. The van der Waals surface area contributed by atoms with Crippen LogP contribution in [0.15, 0.2) is 22.7 Å². The molecule has 1 aromatic carbocycles. The molecule has 1 aromatic heterocycles.